The quantitative estimate of drug-likeness (QED) is 0.897. The Labute approximate surface area is 134 Å². The van der Waals surface area contributed by atoms with E-state index >= 15 is 0 Å². The van der Waals surface area contributed by atoms with Crippen LogP contribution in [0.1, 0.15) is 39.0 Å². The number of nitrogens with zero attached hydrogens (tertiary/aromatic N) is 3. The average Bonchev–Trinajstić information content (AvgIpc) is 3.16. The van der Waals surface area contributed by atoms with E-state index in [-0.39, 0.29) is 11.9 Å². The molecular weight excluding hydrogens is 324 g/mol. The minimum atomic E-state index is -0.909. The molecule has 2 aromatic rings. The van der Waals surface area contributed by atoms with Gasteiger partial charge >= 0.3 is 6.09 Å². The van der Waals surface area contributed by atoms with Gasteiger partial charge in [0.1, 0.15) is 6.33 Å². The normalized spacial score (nSPS) is 17.7. The van der Waals surface area contributed by atoms with Crippen molar-refractivity contribution >= 4 is 40.0 Å². The molecule has 0 spiro atoms. The summed E-state index contributed by atoms with van der Waals surface area (Å²) in [5.41, 5.74) is 0.562. The van der Waals surface area contributed by atoms with E-state index in [9.17, 15) is 14.7 Å². The topological polar surface area (TPSA) is 95.4 Å². The van der Waals surface area contributed by atoms with Crippen LogP contribution in [0.4, 0.5) is 9.93 Å². The van der Waals surface area contributed by atoms with Crippen LogP contribution in [-0.2, 0) is 0 Å². The summed E-state index contributed by atoms with van der Waals surface area (Å²) in [5.74, 6) is -0.239. The van der Waals surface area contributed by atoms with Crippen molar-refractivity contribution in [3.05, 3.63) is 27.7 Å². The summed E-state index contributed by atoms with van der Waals surface area (Å²) in [4.78, 5) is 30.7. The third-order valence-corrected chi connectivity index (χ3v) is 5.32. The summed E-state index contributed by atoms with van der Waals surface area (Å²) in [6, 6.07) is 1.65. The van der Waals surface area contributed by atoms with Gasteiger partial charge in [-0.25, -0.2) is 9.78 Å². The number of carboxylic acid groups (broad SMARTS) is 1. The number of thiophene rings is 1. The minimum absolute atomic E-state index is 0.149. The molecule has 2 amide bonds. The fourth-order valence-electron chi connectivity index (χ4n) is 2.58. The molecule has 3 rings (SSSR count). The van der Waals surface area contributed by atoms with E-state index in [1.165, 1.54) is 22.6 Å². The van der Waals surface area contributed by atoms with Gasteiger partial charge in [0.2, 0.25) is 5.13 Å². The lowest BCUT2D eigenvalue weighted by Gasteiger charge is -2.19. The molecule has 9 heteroatoms. The Morgan fingerprint density at radius 3 is 3.00 bits per heavy atom. The molecule has 1 saturated heterocycles. The number of carbonyl (C=O) groups is 2. The Bertz CT molecular complexity index is 698. The van der Waals surface area contributed by atoms with Crippen LogP contribution in [0.15, 0.2) is 12.4 Å². The highest BCUT2D eigenvalue weighted by molar-refractivity contribution is 7.12. The number of hydrogen-bond acceptors (Lipinski definition) is 6. The fourth-order valence-corrected chi connectivity index (χ4v) is 4.18. The van der Waals surface area contributed by atoms with E-state index in [4.69, 9.17) is 0 Å². The number of aromatic nitrogens is 2. The number of aryl methyl sites for hydroxylation is 1. The van der Waals surface area contributed by atoms with Crippen molar-refractivity contribution in [3.63, 3.8) is 0 Å². The van der Waals surface area contributed by atoms with E-state index in [1.54, 1.807) is 6.07 Å². The largest absolute Gasteiger partial charge is 0.465 e. The van der Waals surface area contributed by atoms with Gasteiger partial charge in [-0.1, -0.05) is 0 Å². The lowest BCUT2D eigenvalue weighted by Crippen LogP contribution is -2.28. The standard InChI is InChI=1S/C13H14N4O3S2/c1-7-8(11(18)16-12-14-6-15-22-12)5-10(21-7)9-3-2-4-17(9)13(19)20/h5-6,9H,2-4H2,1H3,(H,19,20)(H,14,15,16,18). The molecule has 2 N–H and O–H groups in total. The molecule has 0 bridgehead atoms. The Kier molecular flexibility index (Phi) is 4.08. The van der Waals surface area contributed by atoms with Crippen LogP contribution in [0.3, 0.4) is 0 Å². The maximum atomic E-state index is 12.3. The maximum absolute atomic E-state index is 12.3. The molecule has 1 atom stereocenters. The van der Waals surface area contributed by atoms with Gasteiger partial charge in [0.25, 0.3) is 5.91 Å². The van der Waals surface area contributed by atoms with Gasteiger partial charge in [0, 0.05) is 27.8 Å². The molecule has 0 aromatic carbocycles. The monoisotopic (exact) mass is 338 g/mol. The second kappa shape index (κ2) is 6.01. The molecule has 1 aliphatic rings. The minimum Gasteiger partial charge on any atom is -0.465 e. The van der Waals surface area contributed by atoms with Crippen LogP contribution < -0.4 is 5.32 Å². The Morgan fingerprint density at radius 1 is 1.50 bits per heavy atom. The van der Waals surface area contributed by atoms with E-state index in [0.29, 0.717) is 17.2 Å². The SMILES string of the molecule is Cc1sc(C2CCCN2C(=O)O)cc1C(=O)Nc1ncns1. The second-order valence-electron chi connectivity index (χ2n) is 4.95. The Morgan fingerprint density at radius 2 is 2.32 bits per heavy atom. The number of anilines is 1. The molecule has 2 aromatic heterocycles. The van der Waals surface area contributed by atoms with Crippen molar-refractivity contribution in [2.24, 2.45) is 0 Å². The van der Waals surface area contributed by atoms with E-state index in [1.807, 2.05) is 6.92 Å². The van der Waals surface area contributed by atoms with Gasteiger partial charge in [0.15, 0.2) is 0 Å². The van der Waals surface area contributed by atoms with E-state index in [2.05, 4.69) is 14.7 Å². The zero-order valence-corrected chi connectivity index (χ0v) is 13.4. The Balaban J connectivity index is 1.81. The summed E-state index contributed by atoms with van der Waals surface area (Å²) >= 11 is 2.59. The summed E-state index contributed by atoms with van der Waals surface area (Å²) in [7, 11) is 0. The van der Waals surface area contributed by atoms with E-state index in [0.717, 1.165) is 34.1 Å². The van der Waals surface area contributed by atoms with Gasteiger partial charge in [-0.15, -0.1) is 11.3 Å². The van der Waals surface area contributed by atoms with Crippen molar-refractivity contribution in [3.8, 4) is 0 Å². The highest BCUT2D eigenvalue weighted by Crippen LogP contribution is 2.37. The van der Waals surface area contributed by atoms with Crippen molar-refractivity contribution in [2.75, 3.05) is 11.9 Å². The van der Waals surface area contributed by atoms with Gasteiger partial charge in [0.05, 0.1) is 11.6 Å². The highest BCUT2D eigenvalue weighted by atomic mass is 32.1. The van der Waals surface area contributed by atoms with Crippen molar-refractivity contribution < 1.29 is 14.7 Å². The summed E-state index contributed by atoms with van der Waals surface area (Å²) < 4.78 is 3.84. The lowest BCUT2D eigenvalue weighted by molar-refractivity contribution is 0.102. The molecular formula is C13H14N4O3S2. The van der Waals surface area contributed by atoms with E-state index < -0.39 is 6.09 Å². The maximum Gasteiger partial charge on any atom is 0.407 e. The Hall–Kier alpha value is -2.00. The number of amides is 2. The van der Waals surface area contributed by atoms with Crippen LogP contribution in [-0.4, -0.2) is 37.9 Å². The van der Waals surface area contributed by atoms with Crippen molar-refractivity contribution in [1.29, 1.82) is 0 Å². The number of likely N-dealkylation sites (tertiary alicyclic amines) is 1. The van der Waals surface area contributed by atoms with Crippen LogP contribution in [0.2, 0.25) is 0 Å². The predicted molar refractivity (Wildman–Crippen MR) is 83.6 cm³/mol. The number of hydrogen-bond donors (Lipinski definition) is 2. The molecule has 1 unspecified atom stereocenters. The lowest BCUT2D eigenvalue weighted by atomic mass is 10.1. The fraction of sp³-hybridized carbons (Fsp3) is 0.385. The third-order valence-electron chi connectivity index (χ3n) is 3.59. The molecule has 22 heavy (non-hydrogen) atoms. The van der Waals surface area contributed by atoms with Gasteiger partial charge in [-0.2, -0.15) is 4.37 Å². The molecule has 1 aliphatic heterocycles. The number of carbonyl (C=O) groups excluding carboxylic acids is 1. The number of nitrogens with one attached hydrogen (secondary N) is 1. The summed E-state index contributed by atoms with van der Waals surface area (Å²) in [5, 5.41) is 12.4. The van der Waals surface area contributed by atoms with Crippen molar-refractivity contribution in [1.82, 2.24) is 14.3 Å². The molecule has 3 heterocycles. The van der Waals surface area contributed by atoms with Gasteiger partial charge in [-0.3, -0.25) is 10.1 Å². The molecule has 1 fully saturated rings. The first-order valence-corrected chi connectivity index (χ1v) is 8.33. The van der Waals surface area contributed by atoms with Crippen LogP contribution in [0.25, 0.3) is 0 Å². The first-order chi connectivity index (χ1) is 10.6. The smallest absolute Gasteiger partial charge is 0.407 e. The number of rotatable bonds is 3. The zero-order chi connectivity index (χ0) is 15.7. The molecule has 116 valence electrons. The van der Waals surface area contributed by atoms with Gasteiger partial charge in [-0.05, 0) is 25.8 Å². The highest BCUT2D eigenvalue weighted by Gasteiger charge is 2.31. The zero-order valence-electron chi connectivity index (χ0n) is 11.8. The third kappa shape index (κ3) is 2.81. The average molecular weight is 338 g/mol. The molecule has 0 radical (unpaired) electrons. The predicted octanol–water partition coefficient (Wildman–Crippen LogP) is 2.98. The van der Waals surface area contributed by atoms with Crippen LogP contribution >= 0.6 is 22.9 Å². The van der Waals surface area contributed by atoms with Crippen LogP contribution in [0, 0.1) is 6.92 Å². The summed E-state index contributed by atoms with van der Waals surface area (Å²) in [6.45, 7) is 2.41. The van der Waals surface area contributed by atoms with Gasteiger partial charge < -0.3 is 10.0 Å². The first-order valence-electron chi connectivity index (χ1n) is 6.74. The van der Waals surface area contributed by atoms with Crippen molar-refractivity contribution in [2.45, 2.75) is 25.8 Å². The first kappa shape index (κ1) is 14.9. The van der Waals surface area contributed by atoms with Crippen LogP contribution in [0.5, 0.6) is 0 Å². The second-order valence-corrected chi connectivity index (χ2v) is 7.02. The molecule has 7 nitrogen and oxygen atoms in total. The summed E-state index contributed by atoms with van der Waals surface area (Å²) in [6.07, 6.45) is 2.12. The molecule has 0 saturated carbocycles. The molecule has 0 aliphatic carbocycles.